The van der Waals surface area contributed by atoms with Crippen LogP contribution in [0.25, 0.3) is 0 Å². The largest absolute Gasteiger partial charge is 0.326 e. The zero-order valence-corrected chi connectivity index (χ0v) is 6.54. The number of nitrogens with zero attached hydrogens (tertiary/aromatic N) is 2. The Morgan fingerprint density at radius 2 is 2.60 bits per heavy atom. The van der Waals surface area contributed by atoms with Crippen LogP contribution in [-0.4, -0.2) is 15.8 Å². The molecule has 56 valence electrons. The summed E-state index contributed by atoms with van der Waals surface area (Å²) in [6.45, 7) is 2.59. The second-order valence-electron chi connectivity index (χ2n) is 2.31. The molecule has 0 saturated heterocycles. The van der Waals surface area contributed by atoms with E-state index in [0.717, 1.165) is 0 Å². The van der Waals surface area contributed by atoms with Crippen molar-refractivity contribution < 1.29 is 0 Å². The molecule has 1 rings (SSSR count). The maximum atomic E-state index is 5.73. The average Bonchev–Trinajstić information content (AvgIpc) is 2.15. The van der Waals surface area contributed by atoms with Gasteiger partial charge in [-0.2, -0.15) is 5.10 Å². The third kappa shape index (κ3) is 1.72. The Balaban J connectivity index is 2.65. The van der Waals surface area contributed by atoms with Gasteiger partial charge in [0.25, 0.3) is 0 Å². The van der Waals surface area contributed by atoms with E-state index >= 15 is 0 Å². The molecule has 0 amide bonds. The Morgan fingerprint density at radius 1 is 1.90 bits per heavy atom. The standard InChI is InChI=1S/C6H10ClN3/c1-5(8)4-10-6(7)2-3-9-10/h2-3,5H,4,8H2,1H3. The third-order valence-corrected chi connectivity index (χ3v) is 1.45. The fraction of sp³-hybridized carbons (Fsp3) is 0.500. The first-order chi connectivity index (χ1) is 4.70. The van der Waals surface area contributed by atoms with Gasteiger partial charge in [0.2, 0.25) is 0 Å². The maximum Gasteiger partial charge on any atom is 0.127 e. The summed E-state index contributed by atoms with van der Waals surface area (Å²) >= 11 is 5.73. The quantitative estimate of drug-likeness (QED) is 0.697. The predicted molar refractivity (Wildman–Crippen MR) is 40.9 cm³/mol. The fourth-order valence-electron chi connectivity index (χ4n) is 0.724. The molecular formula is C6H10ClN3. The van der Waals surface area contributed by atoms with E-state index in [1.54, 1.807) is 16.9 Å². The summed E-state index contributed by atoms with van der Waals surface area (Å²) in [6, 6.07) is 1.83. The maximum absolute atomic E-state index is 5.73. The van der Waals surface area contributed by atoms with Crippen molar-refractivity contribution in [3.05, 3.63) is 17.4 Å². The molecule has 10 heavy (non-hydrogen) atoms. The molecule has 0 aromatic carbocycles. The highest BCUT2D eigenvalue weighted by Gasteiger charge is 2.00. The summed E-state index contributed by atoms with van der Waals surface area (Å²) < 4.78 is 1.67. The smallest absolute Gasteiger partial charge is 0.127 e. The zero-order chi connectivity index (χ0) is 7.56. The van der Waals surface area contributed by atoms with Crippen molar-refractivity contribution in [1.82, 2.24) is 9.78 Å². The van der Waals surface area contributed by atoms with Crippen molar-refractivity contribution in [1.29, 1.82) is 0 Å². The molecule has 0 saturated carbocycles. The Hall–Kier alpha value is -0.540. The van der Waals surface area contributed by atoms with E-state index in [1.165, 1.54) is 0 Å². The molecule has 0 aliphatic rings. The highest BCUT2D eigenvalue weighted by Crippen LogP contribution is 2.05. The molecule has 0 fully saturated rings. The van der Waals surface area contributed by atoms with Crippen molar-refractivity contribution in [3.63, 3.8) is 0 Å². The predicted octanol–water partition coefficient (Wildman–Crippen LogP) is 0.884. The minimum absolute atomic E-state index is 0.0948. The molecule has 0 aliphatic heterocycles. The molecule has 1 aromatic heterocycles. The molecule has 1 unspecified atom stereocenters. The Labute approximate surface area is 64.8 Å². The highest BCUT2D eigenvalue weighted by atomic mass is 35.5. The van der Waals surface area contributed by atoms with Gasteiger partial charge in [-0.3, -0.25) is 4.68 Å². The molecule has 2 N–H and O–H groups in total. The molecule has 0 spiro atoms. The van der Waals surface area contributed by atoms with Gasteiger partial charge in [-0.15, -0.1) is 0 Å². The lowest BCUT2D eigenvalue weighted by Gasteiger charge is -2.04. The summed E-state index contributed by atoms with van der Waals surface area (Å²) in [5.74, 6) is 0. The van der Waals surface area contributed by atoms with Crippen LogP contribution < -0.4 is 5.73 Å². The Kier molecular flexibility index (Phi) is 2.29. The number of halogens is 1. The lowest BCUT2D eigenvalue weighted by atomic mass is 10.4. The van der Waals surface area contributed by atoms with E-state index in [4.69, 9.17) is 17.3 Å². The first kappa shape index (κ1) is 7.57. The summed E-state index contributed by atoms with van der Waals surface area (Å²) in [5.41, 5.74) is 5.53. The molecule has 0 radical (unpaired) electrons. The van der Waals surface area contributed by atoms with Crippen LogP contribution in [0.15, 0.2) is 12.3 Å². The second kappa shape index (κ2) is 3.03. The van der Waals surface area contributed by atoms with Crippen molar-refractivity contribution in [2.75, 3.05) is 0 Å². The van der Waals surface area contributed by atoms with Crippen LogP contribution in [0.3, 0.4) is 0 Å². The first-order valence-corrected chi connectivity index (χ1v) is 3.51. The van der Waals surface area contributed by atoms with Crippen molar-refractivity contribution in [2.45, 2.75) is 19.5 Å². The summed E-state index contributed by atoms with van der Waals surface area (Å²) in [4.78, 5) is 0. The van der Waals surface area contributed by atoms with Crippen molar-refractivity contribution >= 4 is 11.6 Å². The number of aromatic nitrogens is 2. The van der Waals surface area contributed by atoms with Crippen LogP contribution in [0, 0.1) is 0 Å². The number of hydrogen-bond donors (Lipinski definition) is 1. The Morgan fingerprint density at radius 3 is 3.00 bits per heavy atom. The first-order valence-electron chi connectivity index (χ1n) is 3.13. The van der Waals surface area contributed by atoms with Gasteiger partial charge in [0.1, 0.15) is 5.15 Å². The summed E-state index contributed by atoms with van der Waals surface area (Å²) in [5, 5.41) is 4.60. The third-order valence-electron chi connectivity index (χ3n) is 1.13. The molecule has 1 heterocycles. The molecule has 1 aromatic rings. The van der Waals surface area contributed by atoms with Gasteiger partial charge in [-0.05, 0) is 13.0 Å². The minimum Gasteiger partial charge on any atom is -0.326 e. The normalized spacial score (nSPS) is 13.5. The van der Waals surface area contributed by atoms with E-state index in [-0.39, 0.29) is 6.04 Å². The van der Waals surface area contributed by atoms with Gasteiger partial charge in [-0.1, -0.05) is 11.6 Å². The monoisotopic (exact) mass is 159 g/mol. The van der Waals surface area contributed by atoms with Crippen LogP contribution >= 0.6 is 11.6 Å². The van der Waals surface area contributed by atoms with E-state index in [1.807, 2.05) is 6.92 Å². The van der Waals surface area contributed by atoms with Crippen LogP contribution in [0.4, 0.5) is 0 Å². The van der Waals surface area contributed by atoms with Crippen LogP contribution in [0.1, 0.15) is 6.92 Å². The average molecular weight is 160 g/mol. The summed E-state index contributed by atoms with van der Waals surface area (Å²) in [7, 11) is 0. The van der Waals surface area contributed by atoms with E-state index in [0.29, 0.717) is 11.7 Å². The van der Waals surface area contributed by atoms with Gasteiger partial charge < -0.3 is 5.73 Å². The number of rotatable bonds is 2. The van der Waals surface area contributed by atoms with E-state index < -0.39 is 0 Å². The number of nitrogens with two attached hydrogens (primary N) is 1. The topological polar surface area (TPSA) is 43.8 Å². The van der Waals surface area contributed by atoms with Gasteiger partial charge in [0, 0.05) is 6.04 Å². The fourth-order valence-corrected chi connectivity index (χ4v) is 0.893. The molecule has 3 nitrogen and oxygen atoms in total. The highest BCUT2D eigenvalue weighted by molar-refractivity contribution is 6.29. The van der Waals surface area contributed by atoms with Crippen molar-refractivity contribution in [2.24, 2.45) is 5.73 Å². The van der Waals surface area contributed by atoms with E-state index in [9.17, 15) is 0 Å². The molecule has 4 heteroatoms. The van der Waals surface area contributed by atoms with Crippen LogP contribution in [-0.2, 0) is 6.54 Å². The van der Waals surface area contributed by atoms with E-state index in [2.05, 4.69) is 5.10 Å². The molecule has 1 atom stereocenters. The number of hydrogen-bond acceptors (Lipinski definition) is 2. The van der Waals surface area contributed by atoms with Gasteiger partial charge in [0.15, 0.2) is 0 Å². The molecular weight excluding hydrogens is 150 g/mol. The SMILES string of the molecule is CC(N)Cn1nccc1Cl. The van der Waals surface area contributed by atoms with Crippen molar-refractivity contribution in [3.8, 4) is 0 Å². The van der Waals surface area contributed by atoms with Gasteiger partial charge in [0.05, 0.1) is 12.7 Å². The lowest BCUT2D eigenvalue weighted by Crippen LogP contribution is -2.22. The lowest BCUT2D eigenvalue weighted by molar-refractivity contribution is 0.539. The van der Waals surface area contributed by atoms with Crippen LogP contribution in [0.5, 0.6) is 0 Å². The zero-order valence-electron chi connectivity index (χ0n) is 5.79. The van der Waals surface area contributed by atoms with Crippen LogP contribution in [0.2, 0.25) is 5.15 Å². The molecule has 0 aliphatic carbocycles. The van der Waals surface area contributed by atoms with Gasteiger partial charge in [-0.25, -0.2) is 0 Å². The Bertz CT molecular complexity index is 207. The second-order valence-corrected chi connectivity index (χ2v) is 2.70. The summed E-state index contributed by atoms with van der Waals surface area (Å²) in [6.07, 6.45) is 1.66. The molecule has 0 bridgehead atoms. The minimum atomic E-state index is 0.0948. The van der Waals surface area contributed by atoms with Gasteiger partial charge >= 0.3 is 0 Å².